The molecule has 0 aliphatic carbocycles. The van der Waals surface area contributed by atoms with Gasteiger partial charge in [0.15, 0.2) is 0 Å². The van der Waals surface area contributed by atoms with Gasteiger partial charge in [-0.05, 0) is 30.9 Å². The van der Waals surface area contributed by atoms with E-state index in [-0.39, 0.29) is 0 Å². The lowest BCUT2D eigenvalue weighted by atomic mass is 10.0. The van der Waals surface area contributed by atoms with Gasteiger partial charge in [0.25, 0.3) is 0 Å². The number of methoxy groups -OCH3 is 1. The molecule has 2 rings (SSSR count). The summed E-state index contributed by atoms with van der Waals surface area (Å²) in [5, 5.41) is 3.37. The average Bonchev–Trinajstić information content (AvgIpc) is 2.39. The van der Waals surface area contributed by atoms with Gasteiger partial charge in [-0.15, -0.1) is 0 Å². The minimum atomic E-state index is 0.578. The molecular formula is C13H20N2O2. The van der Waals surface area contributed by atoms with Gasteiger partial charge in [0.05, 0.1) is 25.1 Å². The number of nitrogens with one attached hydrogen (secondary N) is 1. The van der Waals surface area contributed by atoms with E-state index in [1.807, 2.05) is 18.2 Å². The molecular weight excluding hydrogens is 216 g/mol. The summed E-state index contributed by atoms with van der Waals surface area (Å²) < 4.78 is 10.6. The van der Waals surface area contributed by atoms with Crippen molar-refractivity contribution in [1.29, 1.82) is 0 Å². The van der Waals surface area contributed by atoms with Crippen LogP contribution < -0.4 is 15.8 Å². The molecule has 0 radical (unpaired) electrons. The molecule has 17 heavy (non-hydrogen) atoms. The third-order valence-electron chi connectivity index (χ3n) is 3.12. The molecule has 4 nitrogen and oxygen atoms in total. The number of nitrogens with two attached hydrogens (primary N) is 1. The number of hydrogen-bond donors (Lipinski definition) is 2. The van der Waals surface area contributed by atoms with E-state index in [9.17, 15) is 0 Å². The van der Waals surface area contributed by atoms with Crippen LogP contribution in [0.4, 0.5) is 11.4 Å². The van der Waals surface area contributed by atoms with Gasteiger partial charge in [0.2, 0.25) is 0 Å². The van der Waals surface area contributed by atoms with Gasteiger partial charge in [-0.1, -0.05) is 6.07 Å². The Morgan fingerprint density at radius 3 is 3.12 bits per heavy atom. The predicted octanol–water partition coefficient (Wildman–Crippen LogP) is 2.12. The molecule has 0 saturated carbocycles. The molecule has 3 N–H and O–H groups in total. The fourth-order valence-electron chi connectivity index (χ4n) is 2.10. The highest BCUT2D eigenvalue weighted by molar-refractivity contribution is 5.72. The first-order valence-corrected chi connectivity index (χ1v) is 6.05. The summed E-state index contributed by atoms with van der Waals surface area (Å²) in [6.45, 7) is 2.64. The molecule has 0 bridgehead atoms. The SMILES string of the molecule is COc1cccc(NCC2CCCOC2)c1N. The molecule has 1 aliphatic heterocycles. The van der Waals surface area contributed by atoms with Gasteiger partial charge >= 0.3 is 0 Å². The van der Waals surface area contributed by atoms with Gasteiger partial charge in [-0.3, -0.25) is 0 Å². The summed E-state index contributed by atoms with van der Waals surface area (Å²) in [5.41, 5.74) is 7.60. The van der Waals surface area contributed by atoms with Crippen LogP contribution in [0.1, 0.15) is 12.8 Å². The summed E-state index contributed by atoms with van der Waals surface area (Å²) in [4.78, 5) is 0. The van der Waals surface area contributed by atoms with Crippen LogP contribution in [0.25, 0.3) is 0 Å². The number of hydrogen-bond acceptors (Lipinski definition) is 4. The molecule has 0 spiro atoms. The summed E-state index contributed by atoms with van der Waals surface area (Å²) in [7, 11) is 1.63. The van der Waals surface area contributed by atoms with E-state index in [4.69, 9.17) is 15.2 Å². The van der Waals surface area contributed by atoms with Crippen molar-refractivity contribution in [2.24, 2.45) is 5.92 Å². The fourth-order valence-corrected chi connectivity index (χ4v) is 2.10. The third-order valence-corrected chi connectivity index (χ3v) is 3.12. The Kier molecular flexibility index (Phi) is 4.09. The van der Waals surface area contributed by atoms with Crippen molar-refractivity contribution in [2.45, 2.75) is 12.8 Å². The molecule has 1 aliphatic rings. The topological polar surface area (TPSA) is 56.5 Å². The second kappa shape index (κ2) is 5.77. The lowest BCUT2D eigenvalue weighted by Gasteiger charge is -2.23. The normalized spacial score (nSPS) is 19.9. The van der Waals surface area contributed by atoms with Crippen LogP contribution in [-0.4, -0.2) is 26.9 Å². The van der Waals surface area contributed by atoms with E-state index in [0.717, 1.165) is 37.6 Å². The maximum atomic E-state index is 5.99. The second-order valence-corrected chi connectivity index (χ2v) is 4.39. The molecule has 1 fully saturated rings. The van der Waals surface area contributed by atoms with Gasteiger partial charge in [0.1, 0.15) is 5.75 Å². The molecule has 1 heterocycles. The van der Waals surface area contributed by atoms with E-state index in [0.29, 0.717) is 11.6 Å². The summed E-state index contributed by atoms with van der Waals surface area (Å²) >= 11 is 0. The molecule has 94 valence electrons. The third kappa shape index (κ3) is 3.03. The minimum Gasteiger partial charge on any atom is -0.495 e. The molecule has 4 heteroatoms. The molecule has 1 saturated heterocycles. The average molecular weight is 236 g/mol. The first-order chi connectivity index (χ1) is 8.31. The van der Waals surface area contributed by atoms with E-state index < -0.39 is 0 Å². The summed E-state index contributed by atoms with van der Waals surface area (Å²) in [6, 6.07) is 5.78. The number of benzene rings is 1. The Morgan fingerprint density at radius 1 is 1.53 bits per heavy atom. The Balaban J connectivity index is 1.93. The highest BCUT2D eigenvalue weighted by atomic mass is 16.5. The van der Waals surface area contributed by atoms with E-state index >= 15 is 0 Å². The van der Waals surface area contributed by atoms with Gasteiger partial charge in [0, 0.05) is 13.2 Å². The van der Waals surface area contributed by atoms with Crippen molar-refractivity contribution in [3.05, 3.63) is 18.2 Å². The number of anilines is 2. The van der Waals surface area contributed by atoms with Crippen molar-refractivity contribution in [2.75, 3.05) is 37.9 Å². The van der Waals surface area contributed by atoms with Crippen molar-refractivity contribution >= 4 is 11.4 Å². The maximum Gasteiger partial charge on any atom is 0.143 e. The van der Waals surface area contributed by atoms with Crippen LogP contribution in [0.3, 0.4) is 0 Å². The monoisotopic (exact) mass is 236 g/mol. The first-order valence-electron chi connectivity index (χ1n) is 6.05. The van der Waals surface area contributed by atoms with Crippen molar-refractivity contribution in [3.8, 4) is 5.75 Å². The van der Waals surface area contributed by atoms with Crippen molar-refractivity contribution in [1.82, 2.24) is 0 Å². The number of nitrogen functional groups attached to an aromatic ring is 1. The van der Waals surface area contributed by atoms with E-state index in [2.05, 4.69) is 5.32 Å². The second-order valence-electron chi connectivity index (χ2n) is 4.39. The Hall–Kier alpha value is -1.42. The number of para-hydroxylation sites is 1. The van der Waals surface area contributed by atoms with Crippen LogP contribution >= 0.6 is 0 Å². The quantitative estimate of drug-likeness (QED) is 0.786. The Morgan fingerprint density at radius 2 is 2.41 bits per heavy atom. The molecule has 0 aromatic heterocycles. The van der Waals surface area contributed by atoms with Crippen molar-refractivity contribution < 1.29 is 9.47 Å². The largest absolute Gasteiger partial charge is 0.495 e. The first kappa shape index (κ1) is 12.0. The molecule has 1 atom stereocenters. The van der Waals surface area contributed by atoms with Crippen molar-refractivity contribution in [3.63, 3.8) is 0 Å². The smallest absolute Gasteiger partial charge is 0.143 e. The number of ether oxygens (including phenoxy) is 2. The highest BCUT2D eigenvalue weighted by Gasteiger charge is 2.14. The highest BCUT2D eigenvalue weighted by Crippen LogP contribution is 2.29. The lowest BCUT2D eigenvalue weighted by molar-refractivity contribution is 0.0595. The molecule has 1 aromatic carbocycles. The van der Waals surface area contributed by atoms with Crippen LogP contribution in [-0.2, 0) is 4.74 Å². The fraction of sp³-hybridized carbons (Fsp3) is 0.538. The van der Waals surface area contributed by atoms with Gasteiger partial charge in [-0.25, -0.2) is 0 Å². The number of rotatable bonds is 4. The van der Waals surface area contributed by atoms with Gasteiger partial charge < -0.3 is 20.5 Å². The van der Waals surface area contributed by atoms with Gasteiger partial charge in [-0.2, -0.15) is 0 Å². The molecule has 1 aromatic rings. The van der Waals surface area contributed by atoms with Crippen LogP contribution in [0.15, 0.2) is 18.2 Å². The zero-order valence-corrected chi connectivity index (χ0v) is 10.2. The van der Waals surface area contributed by atoms with Crippen LogP contribution in [0.2, 0.25) is 0 Å². The van der Waals surface area contributed by atoms with E-state index in [1.165, 1.54) is 6.42 Å². The standard InChI is InChI=1S/C13H20N2O2/c1-16-12-6-2-5-11(13(12)14)15-8-10-4-3-7-17-9-10/h2,5-6,10,15H,3-4,7-9,14H2,1H3. The zero-order valence-electron chi connectivity index (χ0n) is 10.2. The Bertz CT molecular complexity index is 362. The minimum absolute atomic E-state index is 0.578. The van der Waals surface area contributed by atoms with E-state index in [1.54, 1.807) is 7.11 Å². The lowest BCUT2D eigenvalue weighted by Crippen LogP contribution is -2.24. The summed E-state index contributed by atoms with van der Waals surface area (Å²) in [6.07, 6.45) is 2.37. The van der Waals surface area contributed by atoms with Crippen LogP contribution in [0, 0.1) is 5.92 Å². The molecule has 0 amide bonds. The Labute approximate surface area is 102 Å². The zero-order chi connectivity index (χ0) is 12.1. The summed E-state index contributed by atoms with van der Waals surface area (Å²) in [5.74, 6) is 1.30. The van der Waals surface area contributed by atoms with Crippen LogP contribution in [0.5, 0.6) is 5.75 Å². The predicted molar refractivity (Wildman–Crippen MR) is 69.4 cm³/mol. The molecule has 1 unspecified atom stereocenters. The maximum absolute atomic E-state index is 5.99.